The maximum atomic E-state index is 12.8. The number of carbonyl (C=O) groups is 3. The van der Waals surface area contributed by atoms with E-state index in [9.17, 15) is 32.1 Å². The van der Waals surface area contributed by atoms with Gasteiger partial charge in [-0.3, -0.25) is 24.0 Å². The summed E-state index contributed by atoms with van der Waals surface area (Å²) in [6.45, 7) is 10.3. The number of rotatable bonds is 17. The summed E-state index contributed by atoms with van der Waals surface area (Å²) in [5, 5.41) is 0. The van der Waals surface area contributed by atoms with Crippen molar-refractivity contribution in [3.8, 4) is 11.4 Å². The monoisotopic (exact) mass is 1120 g/mol. The fourth-order valence-corrected chi connectivity index (χ4v) is 10.9. The maximum Gasteiger partial charge on any atom is 1.00 e. The van der Waals surface area contributed by atoms with Gasteiger partial charge in [0.15, 0.2) is 5.78 Å². The van der Waals surface area contributed by atoms with Crippen LogP contribution in [0.5, 0.6) is 5.75 Å². The SMILES string of the molecule is COC(=O)c1cc(OCCN2CCCCC2)ccc1C(=O)c1ccccc1.C[N+]1(CCC(C(N)=O)(c2ccccc2)c2ccccc2)CCCCC1.Cc1c(C(C)CS(=O)(=O)[O-])c(=O)n(-c2ccccc2)n1C.[Br-].[Na+]. The Morgan fingerprint density at radius 2 is 1.29 bits per heavy atom. The Balaban J connectivity index is 0.000000242. The molecule has 2 aliphatic rings. The molecule has 1 aromatic heterocycles. The average molecular weight is 1120 g/mol. The van der Waals surface area contributed by atoms with Gasteiger partial charge >= 0.3 is 35.5 Å². The number of ketones is 1. The number of likely N-dealkylation sites (tertiary alicyclic amines) is 2. The summed E-state index contributed by atoms with van der Waals surface area (Å²) >= 11 is 0. The summed E-state index contributed by atoms with van der Waals surface area (Å²) in [5.74, 6) is -1.67. The van der Waals surface area contributed by atoms with Crippen LogP contribution in [-0.4, -0.2) is 115 Å². The molecule has 17 heteroatoms. The van der Waals surface area contributed by atoms with E-state index in [-0.39, 0.29) is 69.4 Å². The van der Waals surface area contributed by atoms with Crippen LogP contribution >= 0.6 is 0 Å². The summed E-state index contributed by atoms with van der Waals surface area (Å²) in [6.07, 6.45) is 8.40. The summed E-state index contributed by atoms with van der Waals surface area (Å²) in [7, 11) is 0.976. The van der Waals surface area contributed by atoms with E-state index >= 15 is 0 Å². The van der Waals surface area contributed by atoms with Crippen LogP contribution in [0.15, 0.2) is 144 Å². The molecule has 5 aromatic carbocycles. The normalized spacial score (nSPS) is 14.7. The van der Waals surface area contributed by atoms with E-state index < -0.39 is 33.2 Å². The van der Waals surface area contributed by atoms with Crippen molar-refractivity contribution in [2.45, 2.75) is 70.1 Å². The third-order valence-corrected chi connectivity index (χ3v) is 15.1. The van der Waals surface area contributed by atoms with E-state index in [4.69, 9.17) is 15.2 Å². The largest absolute Gasteiger partial charge is 1.00 e. The number of amides is 1. The van der Waals surface area contributed by atoms with Gasteiger partial charge in [0.2, 0.25) is 5.91 Å². The zero-order valence-corrected chi connectivity index (χ0v) is 48.7. The van der Waals surface area contributed by atoms with Gasteiger partial charge in [0.1, 0.15) is 17.8 Å². The molecule has 0 saturated carbocycles. The molecule has 1 amide bonds. The van der Waals surface area contributed by atoms with Crippen molar-refractivity contribution in [1.82, 2.24) is 14.3 Å². The Morgan fingerprint density at radius 1 is 0.773 bits per heavy atom. The third-order valence-electron chi connectivity index (χ3n) is 14.2. The Morgan fingerprint density at radius 3 is 1.81 bits per heavy atom. The zero-order chi connectivity index (χ0) is 52.6. The molecule has 2 aliphatic heterocycles. The number of aromatic nitrogens is 2. The smallest absolute Gasteiger partial charge is 1.00 e. The quantitative estimate of drug-likeness (QED) is 0.0468. The van der Waals surface area contributed by atoms with E-state index in [0.29, 0.717) is 40.4 Å². The molecule has 396 valence electrons. The summed E-state index contributed by atoms with van der Waals surface area (Å²) in [5.41, 5.74) is 9.76. The zero-order valence-electron chi connectivity index (χ0n) is 44.3. The Bertz CT molecular complexity index is 2890. The van der Waals surface area contributed by atoms with Crippen LogP contribution in [0.2, 0.25) is 0 Å². The van der Waals surface area contributed by atoms with E-state index in [0.717, 1.165) is 48.2 Å². The number of halogens is 1. The standard InChI is InChI=1S/C22H28N2O.C22H25NO4.C14H18N2O4S.BrH.Na/c1-24(16-9-4-10-17-24)18-15-22(21(23)25,19-11-5-2-6-12-19)20-13-7-3-8-14-20;1-26-22(25)20-16-18(27-15-14-23-12-6-3-7-13-23)10-11-19(20)21(24)17-8-4-2-5-9-17;1-10(9-21(18,19)20)13-11(2)15(3)16(14(13)17)12-7-5-4-6-8-12;;/h2-3,5-8,11-14H,4,9-10,15-18H2,1H3,(H-,23,25);2,4-5,8-11,16H,3,6-7,12-15H2,1H3;4-8,10H,9H2,1-3H3,(H,18,19,20);1H;/q;;;;+1/p-1. The minimum absolute atomic E-state index is 0. The molecule has 6 aromatic rings. The number of benzene rings is 5. The second-order valence-electron chi connectivity index (χ2n) is 19.3. The van der Waals surface area contributed by atoms with E-state index in [1.807, 2.05) is 84.9 Å². The Hall–Kier alpha value is -5.17. The molecule has 0 bridgehead atoms. The summed E-state index contributed by atoms with van der Waals surface area (Å²) in [6, 6.07) is 43.0. The molecule has 1 unspecified atom stereocenters. The molecular weight excluding hydrogens is 1050 g/mol. The molecule has 2 saturated heterocycles. The third kappa shape index (κ3) is 16.7. The van der Waals surface area contributed by atoms with Gasteiger partial charge in [-0.2, -0.15) is 0 Å². The molecular formula is C58H71BrN5NaO9S. The number of ether oxygens (including phenoxy) is 2. The number of quaternary nitrogens is 1. The number of hydrogen-bond donors (Lipinski definition) is 1. The number of primary amides is 1. The van der Waals surface area contributed by atoms with E-state index in [2.05, 4.69) is 11.9 Å². The number of carbonyl (C=O) groups excluding carboxylic acids is 3. The number of piperidine rings is 2. The number of methoxy groups -OCH3 is 1. The van der Waals surface area contributed by atoms with Crippen molar-refractivity contribution in [2.75, 3.05) is 65.8 Å². The van der Waals surface area contributed by atoms with Gasteiger partial charge in [0, 0.05) is 54.1 Å². The molecule has 0 spiro atoms. The molecule has 75 heavy (non-hydrogen) atoms. The number of para-hydroxylation sites is 1. The van der Waals surface area contributed by atoms with Gasteiger partial charge in [0.25, 0.3) is 5.56 Å². The van der Waals surface area contributed by atoms with Crippen LogP contribution in [0.4, 0.5) is 0 Å². The first-order valence-electron chi connectivity index (χ1n) is 25.2. The van der Waals surface area contributed by atoms with Crippen LogP contribution in [0, 0.1) is 6.92 Å². The molecule has 0 aliphatic carbocycles. The van der Waals surface area contributed by atoms with E-state index in [1.165, 1.54) is 63.4 Å². The first-order chi connectivity index (χ1) is 35.0. The van der Waals surface area contributed by atoms with Crippen LogP contribution in [0.25, 0.3) is 5.69 Å². The van der Waals surface area contributed by atoms with Crippen molar-refractivity contribution < 1.29 is 87.8 Å². The van der Waals surface area contributed by atoms with Crippen molar-refractivity contribution in [3.63, 3.8) is 0 Å². The van der Waals surface area contributed by atoms with Crippen molar-refractivity contribution in [2.24, 2.45) is 12.8 Å². The number of nitrogens with two attached hydrogens (primary N) is 1. The molecule has 0 radical (unpaired) electrons. The van der Waals surface area contributed by atoms with Gasteiger partial charge in [-0.1, -0.05) is 123 Å². The van der Waals surface area contributed by atoms with Gasteiger partial charge in [-0.25, -0.2) is 17.9 Å². The first-order valence-corrected chi connectivity index (χ1v) is 26.7. The fraction of sp³-hybridized carbons (Fsp3) is 0.379. The molecule has 2 N–H and O–H groups in total. The Kier molecular flexibility index (Phi) is 24.4. The summed E-state index contributed by atoms with van der Waals surface area (Å²) in [4.78, 5) is 52.8. The maximum absolute atomic E-state index is 12.8. The molecule has 8 rings (SSSR count). The predicted molar refractivity (Wildman–Crippen MR) is 284 cm³/mol. The second-order valence-corrected chi connectivity index (χ2v) is 20.8. The van der Waals surface area contributed by atoms with Crippen LogP contribution in [0.3, 0.4) is 0 Å². The average Bonchev–Trinajstić information content (AvgIpc) is 3.63. The van der Waals surface area contributed by atoms with Crippen molar-refractivity contribution in [1.29, 1.82) is 0 Å². The molecule has 14 nitrogen and oxygen atoms in total. The minimum Gasteiger partial charge on any atom is -1.00 e. The van der Waals surface area contributed by atoms with Crippen molar-refractivity contribution >= 4 is 27.8 Å². The number of esters is 1. The van der Waals surface area contributed by atoms with E-state index in [1.54, 1.807) is 80.2 Å². The van der Waals surface area contributed by atoms with Gasteiger partial charge < -0.3 is 41.2 Å². The van der Waals surface area contributed by atoms with Crippen LogP contribution in [0.1, 0.15) is 106 Å². The second kappa shape index (κ2) is 29.4. The van der Waals surface area contributed by atoms with Crippen molar-refractivity contribution in [3.05, 3.63) is 189 Å². The van der Waals surface area contributed by atoms with Crippen LogP contribution < -0.4 is 62.6 Å². The van der Waals surface area contributed by atoms with Gasteiger partial charge in [-0.15, -0.1) is 0 Å². The number of hydrogen-bond acceptors (Lipinski definition) is 10. The number of nitrogens with zero attached hydrogens (tertiary/aromatic N) is 4. The minimum atomic E-state index is -4.38. The topological polar surface area (TPSA) is 183 Å². The van der Waals surface area contributed by atoms with Crippen LogP contribution in [-0.2, 0) is 32.1 Å². The molecule has 1 atom stereocenters. The summed E-state index contributed by atoms with van der Waals surface area (Å²) < 4.78 is 47.6. The van der Waals surface area contributed by atoms with Gasteiger partial charge in [0.05, 0.1) is 55.2 Å². The fourth-order valence-electron chi connectivity index (χ4n) is 10.1. The van der Waals surface area contributed by atoms with Gasteiger partial charge in [-0.05, 0) is 93.6 Å². The molecule has 2 fully saturated rings. The Labute approximate surface area is 475 Å². The molecule has 3 heterocycles. The predicted octanol–water partition coefficient (Wildman–Crippen LogP) is 2.19. The first kappa shape index (κ1) is 62.4.